The number of halogens is 1. The Hall–Kier alpha value is -1.80. The van der Waals surface area contributed by atoms with E-state index in [0.717, 1.165) is 5.70 Å². The quantitative estimate of drug-likeness (QED) is 0.702. The molecule has 0 radical (unpaired) electrons. The SMILES string of the molecule is C=C1NC2=C(c3ccccc31)C(Br)c1ccccc12. The second kappa shape index (κ2) is 3.84. The van der Waals surface area contributed by atoms with Crippen LogP contribution in [0.4, 0.5) is 0 Å². The molecule has 1 N–H and O–H groups in total. The summed E-state index contributed by atoms with van der Waals surface area (Å²) in [7, 11) is 0. The Balaban J connectivity index is 2.03. The summed E-state index contributed by atoms with van der Waals surface area (Å²) in [5.74, 6) is 0. The number of alkyl halides is 1. The van der Waals surface area contributed by atoms with E-state index in [0.29, 0.717) is 0 Å². The molecule has 1 aliphatic heterocycles. The molecule has 0 amide bonds. The van der Waals surface area contributed by atoms with Crippen molar-refractivity contribution in [1.82, 2.24) is 5.32 Å². The third kappa shape index (κ3) is 1.41. The predicted octanol–water partition coefficient (Wildman–Crippen LogP) is 4.58. The highest BCUT2D eigenvalue weighted by atomic mass is 79.9. The third-order valence-electron chi connectivity index (χ3n) is 3.84. The van der Waals surface area contributed by atoms with Crippen LogP contribution in [0.2, 0.25) is 0 Å². The number of allylic oxidation sites excluding steroid dienone is 1. The molecule has 2 aliphatic rings. The fourth-order valence-electron chi connectivity index (χ4n) is 2.98. The van der Waals surface area contributed by atoms with Gasteiger partial charge < -0.3 is 5.32 Å². The zero-order valence-corrected chi connectivity index (χ0v) is 11.9. The van der Waals surface area contributed by atoms with Crippen molar-refractivity contribution >= 4 is 32.9 Å². The second-order valence-electron chi connectivity index (χ2n) is 4.89. The van der Waals surface area contributed by atoms with Crippen molar-refractivity contribution in [2.75, 3.05) is 0 Å². The normalized spacial score (nSPS) is 19.6. The largest absolute Gasteiger partial charge is 0.355 e. The fraction of sp³-hybridized carbons (Fsp3) is 0.0588. The van der Waals surface area contributed by atoms with Crippen molar-refractivity contribution in [3.8, 4) is 0 Å². The highest BCUT2D eigenvalue weighted by Crippen LogP contribution is 2.52. The van der Waals surface area contributed by atoms with Gasteiger partial charge in [0.25, 0.3) is 0 Å². The minimum atomic E-state index is 0.250. The predicted molar refractivity (Wildman–Crippen MR) is 83.5 cm³/mol. The van der Waals surface area contributed by atoms with Gasteiger partial charge in [0.15, 0.2) is 0 Å². The highest BCUT2D eigenvalue weighted by Gasteiger charge is 2.34. The van der Waals surface area contributed by atoms with Crippen LogP contribution in [0.5, 0.6) is 0 Å². The van der Waals surface area contributed by atoms with Crippen LogP contribution in [-0.2, 0) is 0 Å². The van der Waals surface area contributed by atoms with Crippen LogP contribution in [-0.4, -0.2) is 0 Å². The summed E-state index contributed by atoms with van der Waals surface area (Å²) in [5, 5.41) is 3.48. The Bertz CT molecular complexity index is 742. The van der Waals surface area contributed by atoms with E-state index in [1.165, 1.54) is 33.5 Å². The molecule has 1 nitrogen and oxygen atoms in total. The molecule has 0 bridgehead atoms. The maximum atomic E-state index is 4.15. The molecular formula is C17H12BrN. The molecule has 2 aromatic carbocycles. The fourth-order valence-corrected chi connectivity index (χ4v) is 3.85. The first-order valence-electron chi connectivity index (χ1n) is 6.30. The molecule has 1 heterocycles. The molecule has 0 fully saturated rings. The van der Waals surface area contributed by atoms with Gasteiger partial charge in [-0.1, -0.05) is 71.0 Å². The molecule has 1 aliphatic carbocycles. The average Bonchev–Trinajstić information content (AvgIpc) is 2.73. The Kier molecular flexibility index (Phi) is 2.24. The van der Waals surface area contributed by atoms with Crippen LogP contribution in [0, 0.1) is 0 Å². The molecule has 2 heteroatoms. The van der Waals surface area contributed by atoms with E-state index in [2.05, 4.69) is 76.4 Å². The number of hydrogen-bond acceptors (Lipinski definition) is 1. The van der Waals surface area contributed by atoms with Gasteiger partial charge >= 0.3 is 0 Å². The monoisotopic (exact) mass is 309 g/mol. The van der Waals surface area contributed by atoms with Crippen molar-refractivity contribution in [2.24, 2.45) is 0 Å². The number of fused-ring (bicyclic) bond motifs is 4. The number of rotatable bonds is 0. The van der Waals surface area contributed by atoms with Crippen molar-refractivity contribution in [1.29, 1.82) is 0 Å². The summed E-state index contributed by atoms with van der Waals surface area (Å²) < 4.78 is 0. The molecule has 0 aromatic heterocycles. The van der Waals surface area contributed by atoms with Gasteiger partial charge in [0.1, 0.15) is 0 Å². The molecule has 0 saturated carbocycles. The summed E-state index contributed by atoms with van der Waals surface area (Å²) in [6.07, 6.45) is 0. The van der Waals surface area contributed by atoms with E-state index in [1.807, 2.05) is 0 Å². The van der Waals surface area contributed by atoms with Gasteiger partial charge in [-0.2, -0.15) is 0 Å². The summed E-state index contributed by atoms with van der Waals surface area (Å²) in [4.78, 5) is 0.250. The van der Waals surface area contributed by atoms with E-state index in [1.54, 1.807) is 0 Å². The lowest BCUT2D eigenvalue weighted by atomic mass is 9.93. The van der Waals surface area contributed by atoms with Gasteiger partial charge in [0, 0.05) is 22.4 Å². The van der Waals surface area contributed by atoms with Crippen LogP contribution >= 0.6 is 15.9 Å². The zero-order valence-electron chi connectivity index (χ0n) is 10.3. The van der Waals surface area contributed by atoms with Gasteiger partial charge in [0.2, 0.25) is 0 Å². The van der Waals surface area contributed by atoms with E-state index < -0.39 is 0 Å². The van der Waals surface area contributed by atoms with E-state index in [9.17, 15) is 0 Å². The lowest BCUT2D eigenvalue weighted by Crippen LogP contribution is -2.16. The molecule has 4 rings (SSSR count). The van der Waals surface area contributed by atoms with E-state index >= 15 is 0 Å². The van der Waals surface area contributed by atoms with Gasteiger partial charge in [-0.15, -0.1) is 0 Å². The van der Waals surface area contributed by atoms with Gasteiger partial charge in [-0.05, 0) is 11.1 Å². The van der Waals surface area contributed by atoms with Gasteiger partial charge in [-0.25, -0.2) is 0 Å². The van der Waals surface area contributed by atoms with Crippen LogP contribution in [0.3, 0.4) is 0 Å². The van der Waals surface area contributed by atoms with Crippen molar-refractivity contribution < 1.29 is 0 Å². The Morgan fingerprint density at radius 3 is 2.32 bits per heavy atom. The lowest BCUT2D eigenvalue weighted by Gasteiger charge is -2.24. The van der Waals surface area contributed by atoms with Crippen molar-refractivity contribution in [2.45, 2.75) is 4.83 Å². The Morgan fingerprint density at radius 2 is 1.53 bits per heavy atom. The minimum absolute atomic E-state index is 0.250. The van der Waals surface area contributed by atoms with Crippen LogP contribution in [0.15, 0.2) is 55.1 Å². The average molecular weight is 310 g/mol. The van der Waals surface area contributed by atoms with Crippen LogP contribution in [0.1, 0.15) is 27.1 Å². The van der Waals surface area contributed by atoms with E-state index in [-0.39, 0.29) is 4.83 Å². The van der Waals surface area contributed by atoms with Crippen LogP contribution in [0.25, 0.3) is 17.0 Å². The Morgan fingerprint density at radius 1 is 0.895 bits per heavy atom. The van der Waals surface area contributed by atoms with Gasteiger partial charge in [0.05, 0.1) is 10.5 Å². The standard InChI is InChI=1S/C17H12BrN/c1-10-11-6-2-3-7-12(11)15-16(18)13-8-4-5-9-14(13)17(15)19-10/h2-9,16,19H,1H2. The number of benzene rings is 2. The first-order valence-corrected chi connectivity index (χ1v) is 7.22. The maximum Gasteiger partial charge on any atom is 0.0677 e. The maximum absolute atomic E-state index is 4.15. The Labute approximate surface area is 120 Å². The first kappa shape index (κ1) is 11.1. The highest BCUT2D eigenvalue weighted by molar-refractivity contribution is 9.09. The first-order chi connectivity index (χ1) is 9.27. The number of hydrogen-bond donors (Lipinski definition) is 1. The molecule has 92 valence electrons. The molecule has 1 atom stereocenters. The molecule has 2 aromatic rings. The summed E-state index contributed by atoms with van der Waals surface area (Å²) >= 11 is 3.84. The summed E-state index contributed by atoms with van der Waals surface area (Å²) in [6.45, 7) is 4.15. The molecular weight excluding hydrogens is 298 g/mol. The second-order valence-corrected chi connectivity index (χ2v) is 5.80. The smallest absolute Gasteiger partial charge is 0.0677 e. The lowest BCUT2D eigenvalue weighted by molar-refractivity contribution is 1.22. The van der Waals surface area contributed by atoms with Crippen molar-refractivity contribution in [3.05, 3.63) is 77.4 Å². The molecule has 19 heavy (non-hydrogen) atoms. The molecule has 0 saturated heterocycles. The third-order valence-corrected chi connectivity index (χ3v) is 4.80. The zero-order chi connectivity index (χ0) is 13.0. The molecule has 1 unspecified atom stereocenters. The summed E-state index contributed by atoms with van der Waals surface area (Å²) in [6, 6.07) is 17.0. The van der Waals surface area contributed by atoms with Crippen molar-refractivity contribution in [3.63, 3.8) is 0 Å². The number of nitrogens with one attached hydrogen (secondary N) is 1. The summed E-state index contributed by atoms with van der Waals surface area (Å²) in [5.41, 5.74) is 8.56. The van der Waals surface area contributed by atoms with Gasteiger partial charge in [-0.3, -0.25) is 0 Å². The molecule has 0 spiro atoms. The topological polar surface area (TPSA) is 12.0 Å². The van der Waals surface area contributed by atoms with E-state index in [4.69, 9.17) is 0 Å². The van der Waals surface area contributed by atoms with Crippen LogP contribution < -0.4 is 5.32 Å². The minimum Gasteiger partial charge on any atom is -0.355 e.